The number of imidazole rings is 1. The zero-order valence-electron chi connectivity index (χ0n) is 25.6. The standard InChI is InChI=1S/C35H53N3O2/c1-5-6-7-8-9-10-11-12-13-14-15-16-17-20-25-38-32-22-19-18-21-31(32)37-35(38)30(4)36-34(39)27-40-33-26-28(2)23-24-29(33)3/h18-19,21-24,26,30H,5-17,20,25,27H2,1-4H3,(H,36,39). The van der Waals surface area contributed by atoms with Gasteiger partial charge in [-0.2, -0.15) is 0 Å². The molecule has 2 aromatic carbocycles. The summed E-state index contributed by atoms with van der Waals surface area (Å²) in [5, 5.41) is 3.11. The highest BCUT2D eigenvalue weighted by atomic mass is 16.5. The van der Waals surface area contributed by atoms with Gasteiger partial charge in [-0.25, -0.2) is 4.98 Å². The number of para-hydroxylation sites is 2. The van der Waals surface area contributed by atoms with Gasteiger partial charge in [0, 0.05) is 6.54 Å². The molecule has 1 amide bonds. The van der Waals surface area contributed by atoms with Crippen molar-refractivity contribution in [1.82, 2.24) is 14.9 Å². The first-order valence-corrected chi connectivity index (χ1v) is 15.9. The molecule has 5 heteroatoms. The minimum atomic E-state index is -0.200. The molecule has 1 unspecified atom stereocenters. The van der Waals surface area contributed by atoms with E-state index in [4.69, 9.17) is 9.72 Å². The summed E-state index contributed by atoms with van der Waals surface area (Å²) in [7, 11) is 0. The van der Waals surface area contributed by atoms with Gasteiger partial charge in [-0.1, -0.05) is 115 Å². The number of carbonyl (C=O) groups excluding carboxylic acids is 1. The van der Waals surface area contributed by atoms with Crippen molar-refractivity contribution in [2.24, 2.45) is 0 Å². The molecule has 0 fully saturated rings. The van der Waals surface area contributed by atoms with Crippen molar-refractivity contribution in [3.05, 3.63) is 59.4 Å². The molecule has 0 aliphatic heterocycles. The second-order valence-corrected chi connectivity index (χ2v) is 11.6. The van der Waals surface area contributed by atoms with Gasteiger partial charge in [0.25, 0.3) is 5.91 Å². The third kappa shape index (κ3) is 10.6. The van der Waals surface area contributed by atoms with E-state index in [0.29, 0.717) is 0 Å². The molecule has 0 radical (unpaired) electrons. The smallest absolute Gasteiger partial charge is 0.258 e. The number of aryl methyl sites for hydroxylation is 3. The average molecular weight is 548 g/mol. The van der Waals surface area contributed by atoms with Crippen LogP contribution in [-0.2, 0) is 11.3 Å². The third-order valence-corrected chi connectivity index (χ3v) is 7.89. The topological polar surface area (TPSA) is 56.2 Å². The molecule has 1 heterocycles. The number of hydrogen-bond donors (Lipinski definition) is 1. The van der Waals surface area contributed by atoms with Gasteiger partial charge in [0.1, 0.15) is 11.6 Å². The SMILES string of the molecule is CCCCCCCCCCCCCCCCn1c(C(C)NC(=O)COc2cc(C)ccc2C)nc2ccccc21. The van der Waals surface area contributed by atoms with Gasteiger partial charge in [0.2, 0.25) is 0 Å². The summed E-state index contributed by atoms with van der Waals surface area (Å²) in [5.74, 6) is 1.53. The van der Waals surface area contributed by atoms with Crippen molar-refractivity contribution in [3.63, 3.8) is 0 Å². The molecule has 1 N–H and O–H groups in total. The number of fused-ring (bicyclic) bond motifs is 1. The number of amides is 1. The largest absolute Gasteiger partial charge is 0.483 e. The molecule has 0 saturated heterocycles. The first kappa shape index (κ1) is 31.7. The number of benzene rings is 2. The Hall–Kier alpha value is -2.82. The van der Waals surface area contributed by atoms with Crippen molar-refractivity contribution < 1.29 is 9.53 Å². The number of carbonyl (C=O) groups is 1. The van der Waals surface area contributed by atoms with Crippen molar-refractivity contribution in [1.29, 1.82) is 0 Å². The van der Waals surface area contributed by atoms with Crippen molar-refractivity contribution in [2.75, 3.05) is 6.61 Å². The number of nitrogens with zero attached hydrogens (tertiary/aromatic N) is 2. The van der Waals surface area contributed by atoms with E-state index in [-0.39, 0.29) is 18.6 Å². The Morgan fingerprint density at radius 3 is 2.10 bits per heavy atom. The molecule has 3 aromatic rings. The van der Waals surface area contributed by atoms with E-state index in [1.165, 1.54) is 83.5 Å². The molecule has 5 nitrogen and oxygen atoms in total. The van der Waals surface area contributed by atoms with Gasteiger partial charge in [-0.15, -0.1) is 0 Å². The summed E-state index contributed by atoms with van der Waals surface area (Å²) in [4.78, 5) is 17.6. The van der Waals surface area contributed by atoms with Crippen LogP contribution in [0, 0.1) is 13.8 Å². The Morgan fingerprint density at radius 1 is 0.850 bits per heavy atom. The Labute approximate surface area is 243 Å². The normalized spacial score (nSPS) is 12.1. The average Bonchev–Trinajstić information content (AvgIpc) is 3.32. The fourth-order valence-corrected chi connectivity index (χ4v) is 5.48. The summed E-state index contributed by atoms with van der Waals surface area (Å²) in [6.45, 7) is 9.23. The van der Waals surface area contributed by atoms with Crippen molar-refractivity contribution in [2.45, 2.75) is 130 Å². The van der Waals surface area contributed by atoms with Gasteiger partial charge >= 0.3 is 0 Å². The predicted octanol–water partition coefficient (Wildman–Crippen LogP) is 9.39. The van der Waals surface area contributed by atoms with E-state index in [9.17, 15) is 4.79 Å². The van der Waals surface area contributed by atoms with E-state index in [2.05, 4.69) is 35.0 Å². The number of ether oxygens (including phenoxy) is 1. The molecule has 1 aromatic heterocycles. The van der Waals surface area contributed by atoms with Gasteiger partial charge in [0.05, 0.1) is 17.1 Å². The lowest BCUT2D eigenvalue weighted by atomic mass is 10.0. The van der Waals surface area contributed by atoms with Crippen LogP contribution in [0.1, 0.15) is 127 Å². The summed E-state index contributed by atoms with van der Waals surface area (Å²) < 4.78 is 8.12. The Kier molecular flexibility index (Phi) is 14.1. The molecule has 0 saturated carbocycles. The van der Waals surface area contributed by atoms with Crippen LogP contribution in [-0.4, -0.2) is 22.1 Å². The minimum absolute atomic E-state index is 0.00613. The summed E-state index contributed by atoms with van der Waals surface area (Å²) >= 11 is 0. The molecule has 3 rings (SSSR count). The fourth-order valence-electron chi connectivity index (χ4n) is 5.48. The minimum Gasteiger partial charge on any atom is -0.483 e. The maximum absolute atomic E-state index is 12.7. The molecule has 40 heavy (non-hydrogen) atoms. The van der Waals surface area contributed by atoms with E-state index in [1.54, 1.807) is 0 Å². The van der Waals surface area contributed by atoms with Gasteiger partial charge in [-0.3, -0.25) is 4.79 Å². The van der Waals surface area contributed by atoms with Gasteiger partial charge in [-0.05, 0) is 56.5 Å². The highest BCUT2D eigenvalue weighted by Gasteiger charge is 2.18. The van der Waals surface area contributed by atoms with Crippen LogP contribution in [0.5, 0.6) is 5.75 Å². The zero-order chi connectivity index (χ0) is 28.6. The van der Waals surface area contributed by atoms with Crippen molar-refractivity contribution >= 4 is 16.9 Å². The summed E-state index contributed by atoms with van der Waals surface area (Å²) in [6.07, 6.45) is 19.0. The van der Waals surface area contributed by atoms with Crippen LogP contribution in [0.2, 0.25) is 0 Å². The molecule has 0 bridgehead atoms. The monoisotopic (exact) mass is 547 g/mol. The van der Waals surface area contributed by atoms with E-state index in [1.807, 2.05) is 45.0 Å². The molecule has 0 spiro atoms. The quantitative estimate of drug-likeness (QED) is 0.143. The van der Waals surface area contributed by atoms with E-state index >= 15 is 0 Å². The molecule has 0 aliphatic carbocycles. The molecule has 1 atom stereocenters. The second-order valence-electron chi connectivity index (χ2n) is 11.6. The number of unbranched alkanes of at least 4 members (excludes halogenated alkanes) is 13. The first-order valence-electron chi connectivity index (χ1n) is 15.9. The maximum Gasteiger partial charge on any atom is 0.258 e. The van der Waals surface area contributed by atoms with Crippen LogP contribution >= 0.6 is 0 Å². The zero-order valence-corrected chi connectivity index (χ0v) is 25.6. The molecular formula is C35H53N3O2. The van der Waals surface area contributed by atoms with E-state index in [0.717, 1.165) is 46.7 Å². The van der Waals surface area contributed by atoms with Gasteiger partial charge in [0.15, 0.2) is 6.61 Å². The lowest BCUT2D eigenvalue weighted by molar-refractivity contribution is -0.123. The number of nitrogens with one attached hydrogen (secondary N) is 1. The Balaban J connectivity index is 1.40. The lowest BCUT2D eigenvalue weighted by Crippen LogP contribution is -2.32. The maximum atomic E-state index is 12.7. The Morgan fingerprint density at radius 2 is 1.45 bits per heavy atom. The molecule has 220 valence electrons. The van der Waals surface area contributed by atoms with E-state index < -0.39 is 0 Å². The number of rotatable bonds is 20. The lowest BCUT2D eigenvalue weighted by Gasteiger charge is -2.17. The Bertz CT molecular complexity index is 1150. The van der Waals surface area contributed by atoms with Crippen molar-refractivity contribution in [3.8, 4) is 5.75 Å². The van der Waals surface area contributed by atoms with Crippen LogP contribution < -0.4 is 10.1 Å². The fraction of sp³-hybridized carbons (Fsp3) is 0.600. The predicted molar refractivity (Wildman–Crippen MR) is 168 cm³/mol. The summed E-state index contributed by atoms with van der Waals surface area (Å²) in [5.41, 5.74) is 4.27. The molecule has 0 aliphatic rings. The highest BCUT2D eigenvalue weighted by Crippen LogP contribution is 2.23. The third-order valence-electron chi connectivity index (χ3n) is 7.89. The first-order chi connectivity index (χ1) is 19.5. The van der Waals surface area contributed by atoms with Crippen LogP contribution in [0.4, 0.5) is 0 Å². The number of hydrogen-bond acceptors (Lipinski definition) is 3. The second kappa shape index (κ2) is 17.8. The van der Waals surface area contributed by atoms with Crippen LogP contribution in [0.25, 0.3) is 11.0 Å². The summed E-state index contributed by atoms with van der Waals surface area (Å²) in [6, 6.07) is 14.1. The highest BCUT2D eigenvalue weighted by molar-refractivity contribution is 5.79. The number of aromatic nitrogens is 2. The van der Waals surface area contributed by atoms with Crippen LogP contribution in [0.15, 0.2) is 42.5 Å². The van der Waals surface area contributed by atoms with Crippen LogP contribution in [0.3, 0.4) is 0 Å². The molecular weight excluding hydrogens is 494 g/mol. The van der Waals surface area contributed by atoms with Gasteiger partial charge < -0.3 is 14.6 Å².